The van der Waals surface area contributed by atoms with E-state index in [-0.39, 0.29) is 24.2 Å². The first-order valence-corrected chi connectivity index (χ1v) is 7.76. The summed E-state index contributed by atoms with van der Waals surface area (Å²) in [6.45, 7) is 15.9. The summed E-state index contributed by atoms with van der Waals surface area (Å²) in [6, 6.07) is 0.262. The Hall–Kier alpha value is -0.610. The molecule has 1 aliphatic heterocycles. The van der Waals surface area contributed by atoms with Gasteiger partial charge in [-0.2, -0.15) is 0 Å². The Morgan fingerprint density at radius 1 is 1.21 bits per heavy atom. The lowest BCUT2D eigenvalue weighted by Crippen LogP contribution is -2.48. The Bertz CT molecular complexity index is 289. The highest BCUT2D eigenvalue weighted by molar-refractivity contribution is 5.84. The van der Waals surface area contributed by atoms with Gasteiger partial charge in [0, 0.05) is 12.6 Å². The first kappa shape index (κ1) is 16.4. The van der Waals surface area contributed by atoms with E-state index in [0.29, 0.717) is 5.92 Å². The molecule has 3 unspecified atom stereocenters. The second kappa shape index (κ2) is 7.25. The monoisotopic (exact) mass is 269 g/mol. The van der Waals surface area contributed by atoms with Crippen LogP contribution in [0.5, 0.6) is 0 Å². The van der Waals surface area contributed by atoms with Crippen LogP contribution in [0.3, 0.4) is 0 Å². The molecule has 1 N–H and O–H groups in total. The van der Waals surface area contributed by atoms with Gasteiger partial charge in [0.1, 0.15) is 0 Å². The summed E-state index contributed by atoms with van der Waals surface area (Å²) in [5.74, 6) is 0.633. The van der Waals surface area contributed by atoms with E-state index in [4.69, 9.17) is 0 Å². The number of nitrogens with one attached hydrogen (secondary N) is 1. The van der Waals surface area contributed by atoms with Crippen molar-refractivity contribution in [3.8, 4) is 0 Å². The van der Waals surface area contributed by atoms with Crippen molar-refractivity contribution in [1.82, 2.24) is 15.1 Å². The van der Waals surface area contributed by atoms with Crippen LogP contribution in [0.15, 0.2) is 0 Å². The zero-order valence-electron chi connectivity index (χ0n) is 13.4. The number of hydrogen-bond donors (Lipinski definition) is 1. The molecule has 0 aromatic rings. The van der Waals surface area contributed by atoms with E-state index in [1.165, 1.54) is 0 Å². The molecule has 0 aromatic carbocycles. The van der Waals surface area contributed by atoms with Crippen LogP contribution >= 0.6 is 0 Å². The SMILES string of the molecule is CCC1NC(C(C)C)C(=O)N1C(C)CN(CC)CC. The van der Waals surface area contributed by atoms with Gasteiger partial charge in [-0.15, -0.1) is 0 Å². The fourth-order valence-corrected chi connectivity index (χ4v) is 2.93. The lowest BCUT2D eigenvalue weighted by molar-refractivity contribution is -0.133. The Balaban J connectivity index is 2.75. The van der Waals surface area contributed by atoms with Gasteiger partial charge >= 0.3 is 0 Å². The van der Waals surface area contributed by atoms with Gasteiger partial charge < -0.3 is 9.80 Å². The Morgan fingerprint density at radius 2 is 1.79 bits per heavy atom. The molecule has 3 atom stereocenters. The molecular formula is C15H31N3O. The van der Waals surface area contributed by atoms with E-state index < -0.39 is 0 Å². The number of amides is 1. The van der Waals surface area contributed by atoms with E-state index in [9.17, 15) is 4.79 Å². The van der Waals surface area contributed by atoms with Crippen LogP contribution in [0.25, 0.3) is 0 Å². The van der Waals surface area contributed by atoms with Crippen molar-refractivity contribution in [1.29, 1.82) is 0 Å². The molecule has 112 valence electrons. The highest BCUT2D eigenvalue weighted by atomic mass is 16.2. The average molecular weight is 269 g/mol. The van der Waals surface area contributed by atoms with Crippen molar-refractivity contribution in [2.24, 2.45) is 5.92 Å². The lowest BCUT2D eigenvalue weighted by Gasteiger charge is -2.33. The van der Waals surface area contributed by atoms with Crippen LogP contribution in [0.1, 0.15) is 48.0 Å². The maximum absolute atomic E-state index is 12.6. The largest absolute Gasteiger partial charge is 0.322 e. The highest BCUT2D eigenvalue weighted by Crippen LogP contribution is 2.21. The van der Waals surface area contributed by atoms with Gasteiger partial charge in [-0.1, -0.05) is 34.6 Å². The van der Waals surface area contributed by atoms with Crippen molar-refractivity contribution >= 4 is 5.91 Å². The minimum absolute atomic E-state index is 0.0101. The van der Waals surface area contributed by atoms with Crippen LogP contribution in [-0.4, -0.2) is 53.6 Å². The smallest absolute Gasteiger partial charge is 0.241 e. The third kappa shape index (κ3) is 3.69. The summed E-state index contributed by atoms with van der Waals surface area (Å²) in [4.78, 5) is 17.0. The molecule has 0 bridgehead atoms. The number of likely N-dealkylation sites (N-methyl/N-ethyl adjacent to an activating group) is 1. The fraction of sp³-hybridized carbons (Fsp3) is 0.933. The van der Waals surface area contributed by atoms with E-state index in [2.05, 4.69) is 56.7 Å². The number of carbonyl (C=O) groups excluding carboxylic acids is 1. The molecule has 4 nitrogen and oxygen atoms in total. The minimum Gasteiger partial charge on any atom is -0.322 e. The summed E-state index contributed by atoms with van der Waals surface area (Å²) < 4.78 is 0. The van der Waals surface area contributed by atoms with Crippen molar-refractivity contribution in [2.75, 3.05) is 19.6 Å². The normalized spacial score (nSPS) is 25.7. The molecule has 1 rings (SSSR count). The lowest BCUT2D eigenvalue weighted by atomic mass is 10.0. The fourth-order valence-electron chi connectivity index (χ4n) is 2.93. The van der Waals surface area contributed by atoms with Crippen LogP contribution in [0.4, 0.5) is 0 Å². The molecule has 0 spiro atoms. The van der Waals surface area contributed by atoms with Crippen LogP contribution < -0.4 is 5.32 Å². The number of rotatable bonds is 7. The van der Waals surface area contributed by atoms with Crippen molar-refractivity contribution in [3.63, 3.8) is 0 Å². The molecule has 1 amide bonds. The van der Waals surface area contributed by atoms with E-state index in [1.807, 2.05) is 0 Å². The van der Waals surface area contributed by atoms with Gasteiger partial charge in [0.05, 0.1) is 12.2 Å². The number of hydrogen-bond acceptors (Lipinski definition) is 3. The minimum atomic E-state index is -0.0101. The molecule has 19 heavy (non-hydrogen) atoms. The summed E-state index contributed by atoms with van der Waals surface area (Å²) in [6.07, 6.45) is 1.17. The number of carbonyl (C=O) groups is 1. The number of nitrogens with zero attached hydrogens (tertiary/aromatic N) is 2. The van der Waals surface area contributed by atoms with E-state index in [0.717, 1.165) is 26.1 Å². The van der Waals surface area contributed by atoms with Crippen LogP contribution in [0.2, 0.25) is 0 Å². The third-order valence-corrected chi connectivity index (χ3v) is 4.17. The summed E-state index contributed by atoms with van der Waals surface area (Å²) in [5.41, 5.74) is 0. The van der Waals surface area contributed by atoms with E-state index >= 15 is 0 Å². The van der Waals surface area contributed by atoms with E-state index in [1.54, 1.807) is 0 Å². The average Bonchev–Trinajstić information content (AvgIpc) is 2.72. The molecular weight excluding hydrogens is 238 g/mol. The van der Waals surface area contributed by atoms with Crippen molar-refractivity contribution in [2.45, 2.75) is 66.2 Å². The predicted molar refractivity (Wildman–Crippen MR) is 79.9 cm³/mol. The molecule has 4 heteroatoms. The molecule has 0 aromatic heterocycles. The second-order valence-corrected chi connectivity index (χ2v) is 5.89. The van der Waals surface area contributed by atoms with Gasteiger partial charge in [0.15, 0.2) is 0 Å². The molecule has 1 aliphatic rings. The molecule has 1 saturated heterocycles. The molecule has 1 heterocycles. The molecule has 0 radical (unpaired) electrons. The molecule has 1 fully saturated rings. The second-order valence-electron chi connectivity index (χ2n) is 5.89. The predicted octanol–water partition coefficient (Wildman–Crippen LogP) is 1.91. The zero-order valence-corrected chi connectivity index (χ0v) is 13.4. The molecule has 0 aliphatic carbocycles. The first-order chi connectivity index (χ1) is 8.96. The summed E-state index contributed by atoms with van der Waals surface area (Å²) in [5, 5.41) is 3.49. The van der Waals surface area contributed by atoms with Crippen LogP contribution in [-0.2, 0) is 4.79 Å². The summed E-state index contributed by atoms with van der Waals surface area (Å²) in [7, 11) is 0. The Kier molecular flexibility index (Phi) is 6.27. The third-order valence-electron chi connectivity index (χ3n) is 4.17. The van der Waals surface area contributed by atoms with Gasteiger partial charge in [-0.3, -0.25) is 10.1 Å². The standard InChI is InChI=1S/C15H31N3O/c1-7-13-16-14(11(4)5)15(19)18(13)12(6)10-17(8-2)9-3/h11-14,16H,7-10H2,1-6H3. The first-order valence-electron chi connectivity index (χ1n) is 7.76. The zero-order chi connectivity index (χ0) is 14.6. The quantitative estimate of drug-likeness (QED) is 0.767. The maximum Gasteiger partial charge on any atom is 0.241 e. The van der Waals surface area contributed by atoms with Gasteiger partial charge in [-0.05, 0) is 32.4 Å². The van der Waals surface area contributed by atoms with Gasteiger partial charge in [-0.25, -0.2) is 0 Å². The van der Waals surface area contributed by atoms with Crippen molar-refractivity contribution in [3.05, 3.63) is 0 Å². The summed E-state index contributed by atoms with van der Waals surface area (Å²) >= 11 is 0. The van der Waals surface area contributed by atoms with Gasteiger partial charge in [0.25, 0.3) is 0 Å². The van der Waals surface area contributed by atoms with Crippen LogP contribution in [0, 0.1) is 5.92 Å². The topological polar surface area (TPSA) is 35.6 Å². The maximum atomic E-state index is 12.6. The molecule has 0 saturated carbocycles. The Labute approximate surface area is 118 Å². The highest BCUT2D eigenvalue weighted by Gasteiger charge is 2.41. The Morgan fingerprint density at radius 3 is 2.21 bits per heavy atom. The van der Waals surface area contributed by atoms with Gasteiger partial charge in [0.2, 0.25) is 5.91 Å². The van der Waals surface area contributed by atoms with Crippen molar-refractivity contribution < 1.29 is 4.79 Å².